The quantitative estimate of drug-likeness (QED) is 0.140. The number of likely N-dealkylation sites (tertiary alicyclic amines) is 2. The summed E-state index contributed by atoms with van der Waals surface area (Å²) in [7, 11) is 1.43. The van der Waals surface area contributed by atoms with Crippen LogP contribution in [0.3, 0.4) is 0 Å². The number of nitrogens with zero attached hydrogens (tertiary/aromatic N) is 6. The number of aromatic nitrogens is 5. The van der Waals surface area contributed by atoms with Crippen molar-refractivity contribution < 1.29 is 19.5 Å². The molecule has 3 amide bonds. The maximum Gasteiger partial charge on any atom is 0.407 e. The highest BCUT2D eigenvalue weighted by atomic mass is 16.4. The van der Waals surface area contributed by atoms with Crippen LogP contribution < -0.4 is 0 Å². The van der Waals surface area contributed by atoms with Gasteiger partial charge in [0.15, 0.2) is 0 Å². The largest absolute Gasteiger partial charge is 0.465 e. The molecule has 2 saturated heterocycles. The van der Waals surface area contributed by atoms with E-state index in [0.29, 0.717) is 30.0 Å². The van der Waals surface area contributed by atoms with Gasteiger partial charge in [0.05, 0.1) is 41.4 Å². The number of hydrogen-bond acceptors (Lipinski definition) is 6. The summed E-state index contributed by atoms with van der Waals surface area (Å²) in [6, 6.07) is 27.8. The van der Waals surface area contributed by atoms with Crippen molar-refractivity contribution >= 4 is 17.9 Å². The Bertz CT molecular complexity index is 2250. The molecular weight excluding hydrogens is 681 g/mol. The summed E-state index contributed by atoms with van der Waals surface area (Å²) >= 11 is 0. The van der Waals surface area contributed by atoms with Crippen LogP contribution in [0.25, 0.3) is 33.6 Å². The van der Waals surface area contributed by atoms with E-state index in [0.717, 1.165) is 70.0 Å². The molecule has 3 aromatic carbocycles. The third-order valence-electron chi connectivity index (χ3n) is 10.5. The van der Waals surface area contributed by atoms with Gasteiger partial charge in [0.2, 0.25) is 0 Å². The van der Waals surface area contributed by atoms with Crippen molar-refractivity contribution in [3.8, 4) is 33.6 Å². The third kappa shape index (κ3) is 6.73. The minimum Gasteiger partial charge on any atom is -0.465 e. The Morgan fingerprint density at radius 3 is 1.78 bits per heavy atom. The molecule has 3 atom stereocenters. The molecule has 12 heteroatoms. The van der Waals surface area contributed by atoms with Gasteiger partial charge in [-0.3, -0.25) is 19.5 Å². The fourth-order valence-corrected chi connectivity index (χ4v) is 7.69. The lowest BCUT2D eigenvalue weighted by Crippen LogP contribution is -2.43. The number of carboxylic acid groups (broad SMARTS) is 1. The first kappa shape index (κ1) is 34.5. The van der Waals surface area contributed by atoms with Crippen LogP contribution in [-0.2, 0) is 4.79 Å². The Hall–Kier alpha value is -6.56. The molecule has 0 saturated carbocycles. The Labute approximate surface area is 312 Å². The first-order valence-electron chi connectivity index (χ1n) is 18.2. The van der Waals surface area contributed by atoms with Gasteiger partial charge >= 0.3 is 6.09 Å². The fourth-order valence-electron chi connectivity index (χ4n) is 7.69. The standard InChI is InChI=1S/C42H40N8O4/c1-48(42(53)54)37(31-8-3-2-4-9-31)41(52)50-23-7-12-36(50)39-45-26-34(47-39)30-19-15-28(16-20-30)27-13-17-29(18-14-27)33-25-44-38(46-33)35-11-6-22-49(35)40(51)32-10-5-21-43-24-32/h2-5,8-10,13-21,24-26,35-37H,6-7,11-12,22-23H2,1H3,(H,44,46)(H,45,47)(H,53,54)/t35-,36-,37+/m0/s1. The molecule has 2 aliphatic heterocycles. The van der Waals surface area contributed by atoms with Gasteiger partial charge in [0.1, 0.15) is 17.7 Å². The number of aromatic amines is 2. The van der Waals surface area contributed by atoms with Crippen LogP contribution in [0, 0.1) is 0 Å². The Kier molecular flexibility index (Phi) is 9.47. The van der Waals surface area contributed by atoms with E-state index >= 15 is 0 Å². The number of carbonyl (C=O) groups is 3. The smallest absolute Gasteiger partial charge is 0.407 e. The van der Waals surface area contributed by atoms with Gasteiger partial charge in [-0.25, -0.2) is 14.8 Å². The highest BCUT2D eigenvalue weighted by molar-refractivity contribution is 5.94. The zero-order chi connectivity index (χ0) is 37.2. The van der Waals surface area contributed by atoms with Crippen LogP contribution in [-0.4, -0.2) is 82.8 Å². The number of nitrogens with one attached hydrogen (secondary N) is 2. The van der Waals surface area contributed by atoms with Crippen molar-refractivity contribution in [1.82, 2.24) is 39.6 Å². The monoisotopic (exact) mass is 720 g/mol. The maximum atomic E-state index is 13.9. The average molecular weight is 721 g/mol. The van der Waals surface area contributed by atoms with Crippen LogP contribution in [0.1, 0.15) is 71.4 Å². The Morgan fingerprint density at radius 1 is 0.704 bits per heavy atom. The number of pyridine rings is 1. The van der Waals surface area contributed by atoms with E-state index in [1.54, 1.807) is 47.8 Å². The summed E-state index contributed by atoms with van der Waals surface area (Å²) in [5.74, 6) is 1.18. The molecule has 3 aromatic heterocycles. The van der Waals surface area contributed by atoms with E-state index in [-0.39, 0.29) is 23.9 Å². The van der Waals surface area contributed by atoms with Crippen molar-refractivity contribution in [1.29, 1.82) is 0 Å². The second-order valence-electron chi connectivity index (χ2n) is 13.8. The Balaban J connectivity index is 0.939. The highest BCUT2D eigenvalue weighted by Crippen LogP contribution is 2.36. The molecule has 8 rings (SSSR count). The number of benzene rings is 3. The van der Waals surface area contributed by atoms with Crippen molar-refractivity contribution in [3.63, 3.8) is 0 Å². The van der Waals surface area contributed by atoms with E-state index in [9.17, 15) is 19.5 Å². The summed E-state index contributed by atoms with van der Waals surface area (Å²) in [5.41, 5.74) is 7.05. The second-order valence-corrected chi connectivity index (χ2v) is 13.8. The number of carbonyl (C=O) groups excluding carboxylic acids is 2. The molecule has 0 bridgehead atoms. The average Bonchev–Trinajstić information content (AvgIpc) is 4.06. The summed E-state index contributed by atoms with van der Waals surface area (Å²) in [6.45, 7) is 1.21. The molecule has 0 spiro atoms. The molecule has 0 aliphatic carbocycles. The van der Waals surface area contributed by atoms with Crippen LogP contribution in [0.15, 0.2) is 116 Å². The van der Waals surface area contributed by atoms with E-state index in [1.165, 1.54) is 7.05 Å². The van der Waals surface area contributed by atoms with Gasteiger partial charge in [0, 0.05) is 32.5 Å². The molecule has 272 valence electrons. The zero-order valence-corrected chi connectivity index (χ0v) is 29.8. The summed E-state index contributed by atoms with van der Waals surface area (Å²) in [6.07, 6.45) is 9.04. The molecule has 0 unspecified atom stereocenters. The summed E-state index contributed by atoms with van der Waals surface area (Å²) in [4.78, 5) is 64.1. The molecule has 5 heterocycles. The summed E-state index contributed by atoms with van der Waals surface area (Å²) < 4.78 is 0. The van der Waals surface area contributed by atoms with Crippen LogP contribution in [0.5, 0.6) is 0 Å². The van der Waals surface area contributed by atoms with Gasteiger partial charge in [-0.1, -0.05) is 78.9 Å². The second kappa shape index (κ2) is 14.8. The zero-order valence-electron chi connectivity index (χ0n) is 29.8. The maximum absolute atomic E-state index is 13.9. The predicted octanol–water partition coefficient (Wildman–Crippen LogP) is 7.52. The van der Waals surface area contributed by atoms with E-state index < -0.39 is 12.1 Å². The van der Waals surface area contributed by atoms with Crippen LogP contribution in [0.2, 0.25) is 0 Å². The molecule has 6 aromatic rings. The number of likely N-dealkylation sites (N-methyl/N-ethyl adjacent to an activating group) is 1. The highest BCUT2D eigenvalue weighted by Gasteiger charge is 2.39. The number of H-pyrrole nitrogens is 2. The Morgan fingerprint density at radius 2 is 1.24 bits per heavy atom. The fraction of sp³-hybridized carbons (Fsp3) is 0.238. The number of hydrogen-bond donors (Lipinski definition) is 3. The topological polar surface area (TPSA) is 151 Å². The predicted molar refractivity (Wildman–Crippen MR) is 203 cm³/mol. The number of imidazole rings is 2. The van der Waals surface area contributed by atoms with Gasteiger partial charge in [-0.05, 0) is 65.6 Å². The number of rotatable bonds is 9. The normalized spacial score (nSPS) is 17.4. The molecule has 54 heavy (non-hydrogen) atoms. The third-order valence-corrected chi connectivity index (χ3v) is 10.5. The molecular formula is C42H40N8O4. The van der Waals surface area contributed by atoms with Crippen molar-refractivity contribution in [2.24, 2.45) is 0 Å². The molecule has 3 N–H and O–H groups in total. The first-order chi connectivity index (χ1) is 26.4. The van der Waals surface area contributed by atoms with Crippen LogP contribution in [0.4, 0.5) is 4.79 Å². The minimum atomic E-state index is -1.16. The molecule has 12 nitrogen and oxygen atoms in total. The minimum absolute atomic E-state index is 0.0285. The molecule has 2 aliphatic rings. The van der Waals surface area contributed by atoms with Gasteiger partial charge in [0.25, 0.3) is 11.8 Å². The lowest BCUT2D eigenvalue weighted by Gasteiger charge is -2.32. The van der Waals surface area contributed by atoms with Gasteiger partial charge in [-0.15, -0.1) is 0 Å². The van der Waals surface area contributed by atoms with Crippen molar-refractivity contribution in [2.75, 3.05) is 20.1 Å². The van der Waals surface area contributed by atoms with Crippen LogP contribution >= 0.6 is 0 Å². The van der Waals surface area contributed by atoms with E-state index in [2.05, 4.69) is 61.3 Å². The lowest BCUT2D eigenvalue weighted by molar-refractivity contribution is -0.137. The van der Waals surface area contributed by atoms with Gasteiger partial charge in [-0.2, -0.15) is 0 Å². The first-order valence-corrected chi connectivity index (χ1v) is 18.2. The molecule has 2 fully saturated rings. The SMILES string of the molecule is CN(C(=O)O)[C@@H](C(=O)N1CCC[C@H]1c1ncc(-c2ccc(-c3ccc(-c4cnc([C@@H]5CCCN5C(=O)c5cccnc5)[nH]4)cc3)cc2)[nH]1)c1ccccc1. The molecule has 0 radical (unpaired) electrons. The van der Waals surface area contributed by atoms with Crippen molar-refractivity contribution in [2.45, 2.75) is 43.8 Å². The van der Waals surface area contributed by atoms with E-state index in [1.807, 2.05) is 41.4 Å². The van der Waals surface area contributed by atoms with E-state index in [4.69, 9.17) is 0 Å². The lowest BCUT2D eigenvalue weighted by atomic mass is 10.0. The number of amides is 3. The summed E-state index contributed by atoms with van der Waals surface area (Å²) in [5, 5.41) is 9.78. The van der Waals surface area contributed by atoms with Crippen molar-refractivity contribution in [3.05, 3.63) is 139 Å². The van der Waals surface area contributed by atoms with Gasteiger partial charge < -0.3 is 24.9 Å².